The van der Waals surface area contributed by atoms with Crippen LogP contribution < -0.4 is 4.74 Å². The largest absolute Gasteiger partial charge is 0.497 e. The Morgan fingerprint density at radius 3 is 2.95 bits per heavy atom. The second kappa shape index (κ2) is 6.14. The molecule has 5 heteroatoms. The lowest BCUT2D eigenvalue weighted by Gasteiger charge is -2.06. The molecule has 0 bridgehead atoms. The van der Waals surface area contributed by atoms with Crippen molar-refractivity contribution in [3.8, 4) is 5.75 Å². The molecule has 104 valence electrons. The minimum absolute atomic E-state index is 0.233. The van der Waals surface area contributed by atoms with Gasteiger partial charge in [0.2, 0.25) is 0 Å². The molecule has 1 aromatic carbocycles. The molecule has 0 atom stereocenters. The fraction of sp³-hybridized carbons (Fsp3) is 0.200. The number of pyridine rings is 1. The van der Waals surface area contributed by atoms with E-state index in [1.54, 1.807) is 25.1 Å². The molecule has 0 unspecified atom stereocenters. The van der Waals surface area contributed by atoms with Crippen LogP contribution in [0, 0.1) is 5.82 Å². The van der Waals surface area contributed by atoms with Crippen molar-refractivity contribution in [1.82, 2.24) is 4.98 Å². The summed E-state index contributed by atoms with van der Waals surface area (Å²) >= 11 is 0. The van der Waals surface area contributed by atoms with E-state index in [9.17, 15) is 9.18 Å². The first kappa shape index (κ1) is 14.0. The minimum atomic E-state index is -0.467. The molecule has 2 rings (SSSR count). The van der Waals surface area contributed by atoms with Gasteiger partial charge in [-0.15, -0.1) is 0 Å². The fourth-order valence-electron chi connectivity index (χ4n) is 1.82. The Kier molecular flexibility index (Phi) is 4.30. The highest BCUT2D eigenvalue weighted by Crippen LogP contribution is 2.26. The number of fused-ring (bicyclic) bond motifs is 1. The van der Waals surface area contributed by atoms with Gasteiger partial charge in [0, 0.05) is 23.7 Å². The van der Waals surface area contributed by atoms with E-state index >= 15 is 0 Å². The number of ether oxygens (including phenoxy) is 2. The summed E-state index contributed by atoms with van der Waals surface area (Å²) in [6.45, 7) is 2.04. The highest BCUT2D eigenvalue weighted by Gasteiger charge is 2.08. The predicted molar refractivity (Wildman–Crippen MR) is 73.9 cm³/mol. The minimum Gasteiger partial charge on any atom is -0.497 e. The van der Waals surface area contributed by atoms with E-state index in [4.69, 9.17) is 9.47 Å². The summed E-state index contributed by atoms with van der Waals surface area (Å²) < 4.78 is 23.7. The molecule has 0 fully saturated rings. The predicted octanol–water partition coefficient (Wildman–Crippen LogP) is 2.96. The van der Waals surface area contributed by atoms with Crippen molar-refractivity contribution < 1.29 is 18.7 Å². The standard InChI is InChI=1S/C15H14FNO3/c1-3-20-14(18)5-4-10-6-7-17-15-12(10)8-11(19-2)9-13(15)16/h4-9H,3H2,1-2H3/b5-4+. The molecule has 4 nitrogen and oxygen atoms in total. The van der Waals surface area contributed by atoms with E-state index in [1.165, 1.54) is 25.4 Å². The van der Waals surface area contributed by atoms with Crippen LogP contribution in [-0.2, 0) is 9.53 Å². The Bertz CT molecular complexity index is 667. The van der Waals surface area contributed by atoms with Crippen molar-refractivity contribution in [2.45, 2.75) is 6.92 Å². The number of benzene rings is 1. The highest BCUT2D eigenvalue weighted by molar-refractivity contribution is 5.94. The first-order chi connectivity index (χ1) is 9.65. The van der Waals surface area contributed by atoms with Gasteiger partial charge >= 0.3 is 5.97 Å². The third-order valence-corrected chi connectivity index (χ3v) is 2.73. The zero-order valence-corrected chi connectivity index (χ0v) is 11.2. The summed E-state index contributed by atoms with van der Waals surface area (Å²) in [5.41, 5.74) is 0.901. The van der Waals surface area contributed by atoms with E-state index < -0.39 is 11.8 Å². The van der Waals surface area contributed by atoms with Gasteiger partial charge in [0.05, 0.1) is 13.7 Å². The number of halogens is 1. The van der Waals surface area contributed by atoms with E-state index in [0.29, 0.717) is 23.3 Å². The lowest BCUT2D eigenvalue weighted by molar-refractivity contribution is -0.137. The number of carbonyl (C=O) groups excluding carboxylic acids is 1. The number of carbonyl (C=O) groups is 1. The van der Waals surface area contributed by atoms with Crippen LogP contribution in [0.15, 0.2) is 30.5 Å². The first-order valence-corrected chi connectivity index (χ1v) is 6.12. The number of rotatable bonds is 4. The van der Waals surface area contributed by atoms with E-state index in [-0.39, 0.29) is 5.52 Å². The quantitative estimate of drug-likeness (QED) is 0.636. The van der Waals surface area contributed by atoms with E-state index in [0.717, 1.165) is 0 Å². The maximum Gasteiger partial charge on any atom is 0.330 e. The van der Waals surface area contributed by atoms with E-state index in [1.807, 2.05) is 0 Å². The molecule has 0 N–H and O–H groups in total. The van der Waals surface area contributed by atoms with Crippen molar-refractivity contribution in [3.05, 3.63) is 41.9 Å². The maximum atomic E-state index is 13.9. The van der Waals surface area contributed by atoms with Crippen LogP contribution in [0.1, 0.15) is 12.5 Å². The Morgan fingerprint density at radius 2 is 2.25 bits per heavy atom. The van der Waals surface area contributed by atoms with Gasteiger partial charge in [-0.1, -0.05) is 0 Å². The van der Waals surface area contributed by atoms with Gasteiger partial charge in [-0.2, -0.15) is 0 Å². The summed E-state index contributed by atoms with van der Waals surface area (Å²) in [6.07, 6.45) is 4.36. The van der Waals surface area contributed by atoms with Crippen molar-refractivity contribution >= 4 is 22.9 Å². The molecule has 0 aliphatic carbocycles. The average Bonchev–Trinajstić information content (AvgIpc) is 2.45. The summed E-state index contributed by atoms with van der Waals surface area (Å²) in [5.74, 6) is -0.514. The molecule has 0 spiro atoms. The topological polar surface area (TPSA) is 48.4 Å². The molecule has 1 aromatic heterocycles. The molecular weight excluding hydrogens is 261 g/mol. The van der Waals surface area contributed by atoms with Gasteiger partial charge < -0.3 is 9.47 Å². The highest BCUT2D eigenvalue weighted by atomic mass is 19.1. The summed E-state index contributed by atoms with van der Waals surface area (Å²) in [5, 5.41) is 0.574. The van der Waals surface area contributed by atoms with Crippen LogP contribution in [0.4, 0.5) is 4.39 Å². The number of hydrogen-bond acceptors (Lipinski definition) is 4. The first-order valence-electron chi connectivity index (χ1n) is 6.12. The second-order valence-electron chi connectivity index (χ2n) is 3.99. The Labute approximate surface area is 115 Å². The molecule has 0 saturated heterocycles. The zero-order valence-electron chi connectivity index (χ0n) is 11.2. The molecule has 0 radical (unpaired) electrons. The Morgan fingerprint density at radius 1 is 1.45 bits per heavy atom. The van der Waals surface area contributed by atoms with Gasteiger partial charge in [0.25, 0.3) is 0 Å². The summed E-state index contributed by atoms with van der Waals surface area (Å²) in [4.78, 5) is 15.3. The molecule has 2 aromatic rings. The van der Waals surface area contributed by atoms with E-state index in [2.05, 4.69) is 4.98 Å². The summed E-state index contributed by atoms with van der Waals surface area (Å²) in [6, 6.07) is 4.64. The van der Waals surface area contributed by atoms with Crippen molar-refractivity contribution in [1.29, 1.82) is 0 Å². The lowest BCUT2D eigenvalue weighted by atomic mass is 10.1. The number of esters is 1. The van der Waals surface area contributed by atoms with Gasteiger partial charge in [0.1, 0.15) is 11.3 Å². The molecule has 0 amide bonds. The van der Waals surface area contributed by atoms with Crippen LogP contribution in [0.5, 0.6) is 5.75 Å². The number of nitrogens with zero attached hydrogens (tertiary/aromatic N) is 1. The molecule has 0 saturated carbocycles. The average molecular weight is 275 g/mol. The zero-order chi connectivity index (χ0) is 14.5. The van der Waals surface area contributed by atoms with Crippen molar-refractivity contribution in [2.24, 2.45) is 0 Å². The van der Waals surface area contributed by atoms with Crippen LogP contribution in [-0.4, -0.2) is 24.7 Å². The van der Waals surface area contributed by atoms with Crippen LogP contribution >= 0.6 is 0 Å². The maximum absolute atomic E-state index is 13.9. The van der Waals surface area contributed by atoms with Gasteiger partial charge in [-0.3, -0.25) is 4.98 Å². The van der Waals surface area contributed by atoms with Gasteiger partial charge in [0.15, 0.2) is 5.82 Å². The lowest BCUT2D eigenvalue weighted by Crippen LogP contribution is -1.98. The van der Waals surface area contributed by atoms with Gasteiger partial charge in [-0.25, -0.2) is 9.18 Å². The summed E-state index contributed by atoms with van der Waals surface area (Å²) in [7, 11) is 1.46. The van der Waals surface area contributed by atoms with Crippen LogP contribution in [0.25, 0.3) is 17.0 Å². The molecular formula is C15H14FNO3. The number of hydrogen-bond donors (Lipinski definition) is 0. The third-order valence-electron chi connectivity index (χ3n) is 2.73. The Hall–Kier alpha value is -2.43. The number of aromatic nitrogens is 1. The molecule has 0 aliphatic heterocycles. The number of methoxy groups -OCH3 is 1. The smallest absolute Gasteiger partial charge is 0.330 e. The van der Waals surface area contributed by atoms with Gasteiger partial charge in [-0.05, 0) is 30.7 Å². The monoisotopic (exact) mass is 275 g/mol. The second-order valence-corrected chi connectivity index (χ2v) is 3.99. The van der Waals surface area contributed by atoms with Crippen molar-refractivity contribution in [2.75, 3.05) is 13.7 Å². The molecule has 1 heterocycles. The molecule has 0 aliphatic rings. The normalized spacial score (nSPS) is 10.9. The van der Waals surface area contributed by atoms with Crippen LogP contribution in [0.3, 0.4) is 0 Å². The fourth-order valence-corrected chi connectivity index (χ4v) is 1.82. The Balaban J connectivity index is 2.48. The SMILES string of the molecule is CCOC(=O)/C=C/c1ccnc2c(F)cc(OC)cc12. The van der Waals surface area contributed by atoms with Crippen LogP contribution in [0.2, 0.25) is 0 Å². The van der Waals surface area contributed by atoms with Crippen molar-refractivity contribution in [3.63, 3.8) is 0 Å². The molecule has 20 heavy (non-hydrogen) atoms. The third kappa shape index (κ3) is 2.93.